The third-order valence-electron chi connectivity index (χ3n) is 5.42. The Balaban J connectivity index is 1.89. The Hall–Kier alpha value is -3.27. The number of methoxy groups -OCH3 is 2. The van der Waals surface area contributed by atoms with E-state index in [9.17, 15) is 4.79 Å². The van der Waals surface area contributed by atoms with Crippen molar-refractivity contribution in [2.24, 2.45) is 0 Å². The van der Waals surface area contributed by atoms with E-state index in [2.05, 4.69) is 68.6 Å². The second kappa shape index (κ2) is 9.49. The van der Waals surface area contributed by atoms with Crippen LogP contribution in [0.15, 0.2) is 60.7 Å². The second-order valence-corrected chi connectivity index (χ2v) is 7.60. The van der Waals surface area contributed by atoms with Gasteiger partial charge in [0.25, 0.3) is 0 Å². The highest BCUT2D eigenvalue weighted by atomic mass is 16.5. The fourth-order valence-electron chi connectivity index (χ4n) is 3.40. The lowest BCUT2D eigenvalue weighted by atomic mass is 9.96. The molecule has 0 saturated carbocycles. The first-order chi connectivity index (χ1) is 14.4. The zero-order chi connectivity index (χ0) is 21.7. The SMILES string of the molecule is COc1ccc(C(=O)CC(Nc2ccc(C)c(C)c2)c2ccc(C)cc2)cc1OC. The van der Waals surface area contributed by atoms with E-state index in [1.807, 2.05) is 0 Å². The largest absolute Gasteiger partial charge is 0.493 e. The van der Waals surface area contributed by atoms with Crippen LogP contribution in [-0.2, 0) is 0 Å². The molecule has 1 atom stereocenters. The number of hydrogen-bond donors (Lipinski definition) is 1. The van der Waals surface area contributed by atoms with Gasteiger partial charge in [-0.2, -0.15) is 0 Å². The maximum absolute atomic E-state index is 13.1. The van der Waals surface area contributed by atoms with E-state index in [-0.39, 0.29) is 11.8 Å². The fraction of sp³-hybridized carbons (Fsp3) is 0.269. The number of anilines is 1. The minimum Gasteiger partial charge on any atom is -0.493 e. The Morgan fingerprint density at radius 2 is 1.53 bits per heavy atom. The van der Waals surface area contributed by atoms with Crippen LogP contribution in [0.5, 0.6) is 11.5 Å². The minimum absolute atomic E-state index is 0.0397. The average Bonchev–Trinajstić information content (AvgIpc) is 2.75. The van der Waals surface area contributed by atoms with Gasteiger partial charge in [-0.1, -0.05) is 35.9 Å². The lowest BCUT2D eigenvalue weighted by molar-refractivity contribution is 0.0976. The molecule has 0 saturated heterocycles. The molecule has 0 aliphatic carbocycles. The van der Waals surface area contributed by atoms with Gasteiger partial charge in [0.15, 0.2) is 17.3 Å². The van der Waals surface area contributed by atoms with E-state index in [0.717, 1.165) is 11.3 Å². The van der Waals surface area contributed by atoms with Gasteiger partial charge >= 0.3 is 0 Å². The van der Waals surface area contributed by atoms with Gasteiger partial charge in [-0.25, -0.2) is 0 Å². The average molecular weight is 404 g/mol. The number of benzene rings is 3. The van der Waals surface area contributed by atoms with Crippen LogP contribution in [0, 0.1) is 20.8 Å². The molecule has 0 radical (unpaired) electrons. The van der Waals surface area contributed by atoms with Crippen molar-refractivity contribution < 1.29 is 14.3 Å². The van der Waals surface area contributed by atoms with Crippen molar-refractivity contribution in [1.29, 1.82) is 0 Å². The molecule has 0 aliphatic heterocycles. The molecule has 0 amide bonds. The molecule has 4 heteroatoms. The molecular formula is C26H29NO3. The number of ether oxygens (including phenoxy) is 2. The van der Waals surface area contributed by atoms with Gasteiger partial charge in [0.05, 0.1) is 20.3 Å². The Bertz CT molecular complexity index is 1020. The van der Waals surface area contributed by atoms with Gasteiger partial charge < -0.3 is 14.8 Å². The molecule has 0 aliphatic rings. The summed E-state index contributed by atoms with van der Waals surface area (Å²) in [7, 11) is 3.16. The van der Waals surface area contributed by atoms with E-state index in [4.69, 9.17) is 9.47 Å². The molecule has 3 aromatic rings. The summed E-state index contributed by atoms with van der Waals surface area (Å²) in [4.78, 5) is 13.1. The predicted octanol–water partition coefficient (Wildman–Crippen LogP) is 6.06. The fourth-order valence-corrected chi connectivity index (χ4v) is 3.40. The molecule has 0 spiro atoms. The quantitative estimate of drug-likeness (QED) is 0.465. The Morgan fingerprint density at radius 3 is 2.17 bits per heavy atom. The van der Waals surface area contributed by atoms with Gasteiger partial charge in [-0.05, 0) is 67.8 Å². The molecule has 0 fully saturated rings. The van der Waals surface area contributed by atoms with Gasteiger partial charge in [-0.3, -0.25) is 4.79 Å². The number of carbonyl (C=O) groups is 1. The summed E-state index contributed by atoms with van der Waals surface area (Å²) < 4.78 is 10.6. The molecule has 3 aromatic carbocycles. The monoisotopic (exact) mass is 403 g/mol. The summed E-state index contributed by atoms with van der Waals surface area (Å²) in [6.45, 7) is 6.25. The first kappa shape index (κ1) is 21.4. The van der Waals surface area contributed by atoms with Gasteiger partial charge in [-0.15, -0.1) is 0 Å². The number of Topliss-reactive ketones (excluding diaryl/α,β-unsaturated/α-hetero) is 1. The van der Waals surface area contributed by atoms with Crippen molar-refractivity contribution in [2.75, 3.05) is 19.5 Å². The Kier molecular flexibility index (Phi) is 6.78. The van der Waals surface area contributed by atoms with Crippen LogP contribution in [0.1, 0.15) is 45.1 Å². The lowest BCUT2D eigenvalue weighted by Crippen LogP contribution is -2.16. The van der Waals surface area contributed by atoms with Crippen LogP contribution >= 0.6 is 0 Å². The Morgan fingerprint density at radius 1 is 0.833 bits per heavy atom. The van der Waals surface area contributed by atoms with E-state index in [1.54, 1.807) is 32.4 Å². The normalized spacial score (nSPS) is 11.6. The summed E-state index contributed by atoms with van der Waals surface area (Å²) in [5.41, 5.74) is 6.33. The molecule has 156 valence electrons. The number of ketones is 1. The molecule has 4 nitrogen and oxygen atoms in total. The van der Waals surface area contributed by atoms with Crippen molar-refractivity contribution in [2.45, 2.75) is 33.2 Å². The molecule has 0 aromatic heterocycles. The van der Waals surface area contributed by atoms with E-state index >= 15 is 0 Å². The van der Waals surface area contributed by atoms with E-state index in [0.29, 0.717) is 23.5 Å². The number of hydrogen-bond acceptors (Lipinski definition) is 4. The molecular weight excluding hydrogens is 374 g/mol. The summed E-state index contributed by atoms with van der Waals surface area (Å²) in [6.07, 6.45) is 0.325. The maximum Gasteiger partial charge on any atom is 0.165 e. The summed E-state index contributed by atoms with van der Waals surface area (Å²) in [5, 5.41) is 3.56. The topological polar surface area (TPSA) is 47.6 Å². The van der Waals surface area contributed by atoms with Crippen molar-refractivity contribution in [1.82, 2.24) is 0 Å². The molecule has 3 rings (SSSR count). The van der Waals surface area contributed by atoms with Crippen LogP contribution in [0.3, 0.4) is 0 Å². The molecule has 1 N–H and O–H groups in total. The second-order valence-electron chi connectivity index (χ2n) is 7.60. The number of nitrogens with one attached hydrogen (secondary N) is 1. The highest BCUT2D eigenvalue weighted by Gasteiger charge is 2.19. The van der Waals surface area contributed by atoms with Crippen LogP contribution in [0.25, 0.3) is 0 Å². The standard InChI is InChI=1S/C26H29NO3/c1-17-6-9-20(10-7-17)23(27-22-12-8-18(2)19(3)14-22)16-24(28)21-11-13-25(29-4)26(15-21)30-5/h6-15,23,27H,16H2,1-5H3. The lowest BCUT2D eigenvalue weighted by Gasteiger charge is -2.21. The highest BCUT2D eigenvalue weighted by Crippen LogP contribution is 2.30. The Labute approximate surface area is 178 Å². The summed E-state index contributed by atoms with van der Waals surface area (Å²) >= 11 is 0. The van der Waals surface area contributed by atoms with Crippen molar-refractivity contribution >= 4 is 11.5 Å². The third kappa shape index (κ3) is 5.01. The first-order valence-corrected chi connectivity index (χ1v) is 10.1. The van der Waals surface area contributed by atoms with Crippen LogP contribution in [0.4, 0.5) is 5.69 Å². The van der Waals surface area contributed by atoms with Crippen molar-refractivity contribution in [3.8, 4) is 11.5 Å². The minimum atomic E-state index is -0.145. The van der Waals surface area contributed by atoms with Gasteiger partial charge in [0.1, 0.15) is 0 Å². The van der Waals surface area contributed by atoms with Gasteiger partial charge in [0.2, 0.25) is 0 Å². The maximum atomic E-state index is 13.1. The zero-order valence-electron chi connectivity index (χ0n) is 18.3. The van der Waals surface area contributed by atoms with Crippen LogP contribution in [-0.4, -0.2) is 20.0 Å². The smallest absolute Gasteiger partial charge is 0.165 e. The van der Waals surface area contributed by atoms with Gasteiger partial charge in [0, 0.05) is 17.7 Å². The van der Waals surface area contributed by atoms with Crippen molar-refractivity contribution in [3.05, 3.63) is 88.5 Å². The molecule has 1 unspecified atom stereocenters. The van der Waals surface area contributed by atoms with E-state index < -0.39 is 0 Å². The number of carbonyl (C=O) groups excluding carboxylic acids is 1. The molecule has 30 heavy (non-hydrogen) atoms. The molecule has 0 bridgehead atoms. The number of aryl methyl sites for hydroxylation is 3. The van der Waals surface area contributed by atoms with Crippen LogP contribution in [0.2, 0.25) is 0 Å². The third-order valence-corrected chi connectivity index (χ3v) is 5.42. The zero-order valence-corrected chi connectivity index (χ0v) is 18.3. The number of rotatable bonds is 8. The van der Waals surface area contributed by atoms with Crippen LogP contribution < -0.4 is 14.8 Å². The summed E-state index contributed by atoms with van der Waals surface area (Å²) in [5.74, 6) is 1.20. The summed E-state index contributed by atoms with van der Waals surface area (Å²) in [6, 6.07) is 19.7. The predicted molar refractivity (Wildman–Crippen MR) is 122 cm³/mol. The van der Waals surface area contributed by atoms with E-state index in [1.165, 1.54) is 16.7 Å². The first-order valence-electron chi connectivity index (χ1n) is 10.1. The molecule has 0 heterocycles. The van der Waals surface area contributed by atoms with Crippen molar-refractivity contribution in [3.63, 3.8) is 0 Å². The highest BCUT2D eigenvalue weighted by molar-refractivity contribution is 5.97.